The molecule has 1 heterocycles. The van der Waals surface area contributed by atoms with Gasteiger partial charge < -0.3 is 19.7 Å². The standard InChI is InChI=1S/C26H32N4O3/c1-4-15-27-26(31)30(17-19-13-14-19)18-23-24(20-9-6-5-7-10-20)28-29(2)25(23)33-22-12-8-11-21(16-22)32-3/h5-12,16,19H,4,13-15,17-18H2,1-3H3,(H,27,31). The number of nitrogens with one attached hydrogen (secondary N) is 1. The summed E-state index contributed by atoms with van der Waals surface area (Å²) < 4.78 is 13.4. The summed E-state index contributed by atoms with van der Waals surface area (Å²) in [6.07, 6.45) is 3.24. The van der Waals surface area contributed by atoms with Crippen LogP contribution in [0, 0.1) is 5.92 Å². The molecule has 0 saturated heterocycles. The van der Waals surface area contributed by atoms with Gasteiger partial charge in [0.25, 0.3) is 0 Å². The second-order valence-electron chi connectivity index (χ2n) is 8.46. The Labute approximate surface area is 195 Å². The summed E-state index contributed by atoms with van der Waals surface area (Å²) in [6, 6.07) is 17.5. The second kappa shape index (κ2) is 10.4. The van der Waals surface area contributed by atoms with Gasteiger partial charge in [0, 0.05) is 31.8 Å². The molecule has 7 heteroatoms. The Morgan fingerprint density at radius 2 is 1.91 bits per heavy atom. The molecule has 1 N–H and O–H groups in total. The molecule has 1 aliphatic carbocycles. The van der Waals surface area contributed by atoms with E-state index >= 15 is 0 Å². The summed E-state index contributed by atoms with van der Waals surface area (Å²) >= 11 is 0. The van der Waals surface area contributed by atoms with Gasteiger partial charge in [-0.3, -0.25) is 0 Å². The summed E-state index contributed by atoms with van der Waals surface area (Å²) in [5.41, 5.74) is 2.70. The molecule has 4 rings (SSSR count). The third-order valence-corrected chi connectivity index (χ3v) is 5.73. The zero-order valence-corrected chi connectivity index (χ0v) is 19.6. The third-order valence-electron chi connectivity index (χ3n) is 5.73. The molecule has 33 heavy (non-hydrogen) atoms. The van der Waals surface area contributed by atoms with E-state index < -0.39 is 0 Å². The third kappa shape index (κ3) is 5.66. The molecule has 1 saturated carbocycles. The maximum atomic E-state index is 13.0. The van der Waals surface area contributed by atoms with E-state index in [1.54, 1.807) is 11.8 Å². The number of hydrogen-bond donors (Lipinski definition) is 1. The van der Waals surface area contributed by atoms with E-state index in [4.69, 9.17) is 14.6 Å². The first-order valence-corrected chi connectivity index (χ1v) is 11.5. The lowest BCUT2D eigenvalue weighted by molar-refractivity contribution is 0.192. The summed E-state index contributed by atoms with van der Waals surface area (Å²) in [5.74, 6) is 2.55. The van der Waals surface area contributed by atoms with Crippen LogP contribution in [-0.2, 0) is 13.6 Å². The van der Waals surface area contributed by atoms with Gasteiger partial charge >= 0.3 is 6.03 Å². The van der Waals surface area contributed by atoms with Crippen LogP contribution in [0.15, 0.2) is 54.6 Å². The number of urea groups is 1. The van der Waals surface area contributed by atoms with Crippen molar-refractivity contribution in [2.75, 3.05) is 20.2 Å². The van der Waals surface area contributed by atoms with Crippen LogP contribution in [0.4, 0.5) is 4.79 Å². The Hall–Kier alpha value is -3.48. The van der Waals surface area contributed by atoms with E-state index in [1.807, 2.05) is 66.5 Å². The van der Waals surface area contributed by atoms with Crippen molar-refractivity contribution in [1.82, 2.24) is 20.0 Å². The number of amides is 2. The minimum atomic E-state index is -0.0426. The van der Waals surface area contributed by atoms with E-state index in [-0.39, 0.29) is 6.03 Å². The topological polar surface area (TPSA) is 68.6 Å². The Bertz CT molecular complexity index is 1080. The van der Waals surface area contributed by atoms with E-state index in [0.717, 1.165) is 29.8 Å². The monoisotopic (exact) mass is 448 g/mol. The molecule has 0 radical (unpaired) electrons. The van der Waals surface area contributed by atoms with Crippen molar-refractivity contribution in [3.8, 4) is 28.6 Å². The molecular weight excluding hydrogens is 416 g/mol. The van der Waals surface area contributed by atoms with Crippen molar-refractivity contribution in [2.24, 2.45) is 13.0 Å². The Morgan fingerprint density at radius 3 is 2.61 bits per heavy atom. The maximum Gasteiger partial charge on any atom is 0.317 e. The molecular formula is C26H32N4O3. The molecule has 2 aromatic carbocycles. The molecule has 0 spiro atoms. The van der Waals surface area contributed by atoms with E-state index in [1.165, 1.54) is 12.8 Å². The number of methoxy groups -OCH3 is 1. The van der Waals surface area contributed by atoms with Crippen LogP contribution in [0.5, 0.6) is 17.4 Å². The number of nitrogens with zero attached hydrogens (tertiary/aromatic N) is 3. The zero-order chi connectivity index (χ0) is 23.2. The number of aryl methyl sites for hydroxylation is 1. The van der Waals surface area contributed by atoms with Gasteiger partial charge in [0.1, 0.15) is 17.2 Å². The number of carbonyl (C=O) groups excluding carboxylic acids is 1. The Morgan fingerprint density at radius 1 is 1.15 bits per heavy atom. The molecule has 1 aliphatic rings. The largest absolute Gasteiger partial charge is 0.497 e. The fourth-order valence-corrected chi connectivity index (χ4v) is 3.79. The van der Waals surface area contributed by atoms with Crippen molar-refractivity contribution in [3.63, 3.8) is 0 Å². The average molecular weight is 449 g/mol. The summed E-state index contributed by atoms with van der Waals surface area (Å²) in [7, 11) is 3.50. The fourth-order valence-electron chi connectivity index (χ4n) is 3.79. The highest BCUT2D eigenvalue weighted by molar-refractivity contribution is 5.75. The van der Waals surface area contributed by atoms with E-state index in [0.29, 0.717) is 36.4 Å². The Kier molecular flexibility index (Phi) is 7.17. The highest BCUT2D eigenvalue weighted by Crippen LogP contribution is 2.36. The molecule has 0 aliphatic heterocycles. The van der Waals surface area contributed by atoms with Crippen molar-refractivity contribution in [1.29, 1.82) is 0 Å². The number of benzene rings is 2. The first-order chi connectivity index (χ1) is 16.1. The lowest BCUT2D eigenvalue weighted by atomic mass is 10.1. The Balaban J connectivity index is 1.71. The molecule has 174 valence electrons. The number of rotatable bonds is 10. The van der Waals surface area contributed by atoms with Crippen molar-refractivity contribution in [3.05, 3.63) is 60.2 Å². The lowest BCUT2D eigenvalue weighted by Gasteiger charge is -2.24. The first-order valence-electron chi connectivity index (χ1n) is 11.5. The average Bonchev–Trinajstić information content (AvgIpc) is 3.62. The highest BCUT2D eigenvalue weighted by Gasteiger charge is 2.30. The highest BCUT2D eigenvalue weighted by atomic mass is 16.5. The minimum Gasteiger partial charge on any atom is -0.497 e. The number of hydrogen-bond acceptors (Lipinski definition) is 4. The normalized spacial score (nSPS) is 12.9. The van der Waals surface area contributed by atoms with Gasteiger partial charge in [0.2, 0.25) is 5.88 Å². The molecule has 1 aromatic heterocycles. The smallest absolute Gasteiger partial charge is 0.317 e. The molecule has 0 unspecified atom stereocenters. The van der Waals surface area contributed by atoms with Crippen LogP contribution in [-0.4, -0.2) is 40.9 Å². The predicted molar refractivity (Wildman–Crippen MR) is 129 cm³/mol. The maximum absolute atomic E-state index is 13.0. The molecule has 2 amide bonds. The lowest BCUT2D eigenvalue weighted by Crippen LogP contribution is -2.41. The zero-order valence-electron chi connectivity index (χ0n) is 19.6. The van der Waals surface area contributed by atoms with Crippen LogP contribution in [0.3, 0.4) is 0 Å². The van der Waals surface area contributed by atoms with Crippen molar-refractivity contribution >= 4 is 6.03 Å². The van der Waals surface area contributed by atoms with E-state index in [2.05, 4.69) is 12.2 Å². The number of aromatic nitrogens is 2. The van der Waals surface area contributed by atoms with Gasteiger partial charge in [0.05, 0.1) is 19.2 Å². The van der Waals surface area contributed by atoms with Gasteiger partial charge in [0.15, 0.2) is 0 Å². The quantitative estimate of drug-likeness (QED) is 0.462. The molecule has 0 atom stereocenters. The van der Waals surface area contributed by atoms with E-state index in [9.17, 15) is 4.79 Å². The van der Waals surface area contributed by atoms with Crippen LogP contribution in [0.1, 0.15) is 31.7 Å². The van der Waals surface area contributed by atoms with Crippen LogP contribution in [0.25, 0.3) is 11.3 Å². The van der Waals surface area contributed by atoms with Gasteiger partial charge in [-0.2, -0.15) is 5.10 Å². The van der Waals surface area contributed by atoms with Crippen LogP contribution >= 0.6 is 0 Å². The predicted octanol–water partition coefficient (Wildman–Crippen LogP) is 5.22. The van der Waals surface area contributed by atoms with Crippen molar-refractivity contribution in [2.45, 2.75) is 32.7 Å². The minimum absolute atomic E-state index is 0.0426. The molecule has 0 bridgehead atoms. The van der Waals surface area contributed by atoms with Gasteiger partial charge in [-0.05, 0) is 37.3 Å². The summed E-state index contributed by atoms with van der Waals surface area (Å²) in [4.78, 5) is 14.9. The summed E-state index contributed by atoms with van der Waals surface area (Å²) in [6.45, 7) is 3.87. The SMILES string of the molecule is CCCNC(=O)N(Cc1c(-c2ccccc2)nn(C)c1Oc1cccc(OC)c1)CC1CC1. The van der Waals surface area contributed by atoms with Gasteiger partial charge in [-0.15, -0.1) is 0 Å². The number of ether oxygens (including phenoxy) is 2. The fraction of sp³-hybridized carbons (Fsp3) is 0.385. The number of carbonyl (C=O) groups is 1. The second-order valence-corrected chi connectivity index (χ2v) is 8.46. The van der Waals surface area contributed by atoms with Crippen LogP contribution < -0.4 is 14.8 Å². The summed E-state index contributed by atoms with van der Waals surface area (Å²) in [5, 5.41) is 7.83. The van der Waals surface area contributed by atoms with Crippen LogP contribution in [0.2, 0.25) is 0 Å². The van der Waals surface area contributed by atoms with Gasteiger partial charge in [-0.1, -0.05) is 43.3 Å². The molecule has 3 aromatic rings. The van der Waals surface area contributed by atoms with Gasteiger partial charge in [-0.25, -0.2) is 9.48 Å². The van der Waals surface area contributed by atoms with Crippen molar-refractivity contribution < 1.29 is 14.3 Å². The molecule has 7 nitrogen and oxygen atoms in total. The molecule has 1 fully saturated rings. The first kappa shape index (κ1) is 22.7.